The molecule has 0 aromatic heterocycles. The van der Waals surface area contributed by atoms with Gasteiger partial charge in [-0.3, -0.25) is 14.4 Å². The third-order valence-corrected chi connectivity index (χ3v) is 2.78. The van der Waals surface area contributed by atoms with E-state index in [1.807, 2.05) is 6.92 Å². The smallest absolute Gasteiger partial charge is 0.312 e. The maximum Gasteiger partial charge on any atom is 0.312 e. The van der Waals surface area contributed by atoms with Crippen LogP contribution in [0.25, 0.3) is 0 Å². The van der Waals surface area contributed by atoms with Crippen molar-refractivity contribution in [1.82, 2.24) is 9.80 Å². The second-order valence-corrected chi connectivity index (χ2v) is 5.51. The number of likely N-dealkylation sites (N-methyl/N-ethyl adjacent to an activating group) is 1. The van der Waals surface area contributed by atoms with E-state index in [2.05, 4.69) is 0 Å². The second-order valence-electron chi connectivity index (χ2n) is 5.51. The number of piperazine rings is 1. The summed E-state index contributed by atoms with van der Waals surface area (Å²) in [4.78, 5) is 37.9. The highest BCUT2D eigenvalue weighted by Gasteiger charge is 2.31. The van der Waals surface area contributed by atoms with E-state index in [1.165, 1.54) is 9.80 Å². The summed E-state index contributed by atoms with van der Waals surface area (Å²) in [6.07, 6.45) is 0.114. The minimum atomic E-state index is -0.531. The van der Waals surface area contributed by atoms with Crippen molar-refractivity contribution >= 4 is 17.8 Å². The monoisotopic (exact) mass is 270 g/mol. The van der Waals surface area contributed by atoms with E-state index in [-0.39, 0.29) is 18.9 Å². The van der Waals surface area contributed by atoms with Crippen molar-refractivity contribution < 1.29 is 19.1 Å². The van der Waals surface area contributed by atoms with Gasteiger partial charge in [-0.25, -0.2) is 0 Å². The van der Waals surface area contributed by atoms with Crippen molar-refractivity contribution in [2.45, 2.75) is 39.7 Å². The molecular formula is C13H22N2O4. The highest BCUT2D eigenvalue weighted by atomic mass is 16.6. The van der Waals surface area contributed by atoms with Gasteiger partial charge < -0.3 is 14.5 Å². The Morgan fingerprint density at radius 1 is 1.16 bits per heavy atom. The average Bonchev–Trinajstić information content (AvgIpc) is 2.29. The van der Waals surface area contributed by atoms with Crippen molar-refractivity contribution in [3.8, 4) is 0 Å². The van der Waals surface area contributed by atoms with Crippen LogP contribution in [0.5, 0.6) is 0 Å². The first-order chi connectivity index (χ1) is 8.74. The van der Waals surface area contributed by atoms with Gasteiger partial charge >= 0.3 is 17.8 Å². The molecule has 0 saturated carbocycles. The van der Waals surface area contributed by atoms with E-state index < -0.39 is 17.4 Å². The van der Waals surface area contributed by atoms with Crippen molar-refractivity contribution in [2.75, 3.05) is 26.2 Å². The molecule has 108 valence electrons. The van der Waals surface area contributed by atoms with E-state index in [0.29, 0.717) is 19.6 Å². The summed E-state index contributed by atoms with van der Waals surface area (Å²) in [5, 5.41) is 0. The second kappa shape index (κ2) is 6.04. The molecule has 0 spiro atoms. The van der Waals surface area contributed by atoms with E-state index in [0.717, 1.165) is 0 Å². The summed E-state index contributed by atoms with van der Waals surface area (Å²) in [5.41, 5.74) is -0.530. The zero-order valence-electron chi connectivity index (χ0n) is 12.1. The number of nitrogens with zero attached hydrogens (tertiary/aromatic N) is 2. The summed E-state index contributed by atoms with van der Waals surface area (Å²) in [6.45, 7) is 8.97. The maximum atomic E-state index is 11.8. The fraction of sp³-hybridized carbons (Fsp3) is 0.769. The van der Waals surface area contributed by atoms with Gasteiger partial charge in [0.15, 0.2) is 0 Å². The normalized spacial score (nSPS) is 16.8. The van der Waals surface area contributed by atoms with E-state index >= 15 is 0 Å². The molecule has 6 heteroatoms. The van der Waals surface area contributed by atoms with Crippen molar-refractivity contribution in [2.24, 2.45) is 0 Å². The Morgan fingerprint density at radius 2 is 1.68 bits per heavy atom. The predicted molar refractivity (Wildman–Crippen MR) is 69.3 cm³/mol. The molecule has 1 heterocycles. The van der Waals surface area contributed by atoms with Gasteiger partial charge in [-0.2, -0.15) is 0 Å². The number of esters is 1. The Kier molecular flexibility index (Phi) is 4.91. The highest BCUT2D eigenvalue weighted by molar-refractivity contribution is 6.35. The number of amides is 2. The molecule has 6 nitrogen and oxygen atoms in total. The van der Waals surface area contributed by atoms with Crippen LogP contribution in [0, 0.1) is 0 Å². The molecule has 0 radical (unpaired) electrons. The highest BCUT2D eigenvalue weighted by Crippen LogP contribution is 2.10. The Morgan fingerprint density at radius 3 is 2.21 bits per heavy atom. The molecule has 0 unspecified atom stereocenters. The topological polar surface area (TPSA) is 66.9 Å². The summed E-state index contributed by atoms with van der Waals surface area (Å²) < 4.78 is 5.16. The summed E-state index contributed by atoms with van der Waals surface area (Å²) in [5.74, 6) is -1.37. The average molecular weight is 270 g/mol. The minimum absolute atomic E-state index is 0.114. The van der Waals surface area contributed by atoms with Crippen molar-refractivity contribution in [3.05, 3.63) is 0 Å². The van der Waals surface area contributed by atoms with Crippen LogP contribution in [0.2, 0.25) is 0 Å². The summed E-state index contributed by atoms with van der Waals surface area (Å²) in [7, 11) is 0. The third-order valence-electron chi connectivity index (χ3n) is 2.78. The first kappa shape index (κ1) is 15.5. The van der Waals surface area contributed by atoms with Gasteiger partial charge in [0, 0.05) is 26.2 Å². The number of rotatable bonds is 4. The SMILES string of the molecule is CCN1CCN(CCC(=O)OC(C)(C)C)C(=O)C1=O. The van der Waals surface area contributed by atoms with Crippen LogP contribution in [-0.2, 0) is 19.1 Å². The lowest BCUT2D eigenvalue weighted by Crippen LogP contribution is -2.54. The van der Waals surface area contributed by atoms with Gasteiger partial charge in [0.2, 0.25) is 0 Å². The predicted octanol–water partition coefficient (Wildman–Crippen LogP) is 0.409. The molecule has 1 saturated heterocycles. The van der Waals surface area contributed by atoms with Crippen LogP contribution in [0.1, 0.15) is 34.1 Å². The lowest BCUT2D eigenvalue weighted by molar-refractivity contribution is -0.159. The van der Waals surface area contributed by atoms with E-state index in [9.17, 15) is 14.4 Å². The third kappa shape index (κ3) is 4.54. The van der Waals surface area contributed by atoms with Crippen LogP contribution in [0.4, 0.5) is 0 Å². The Hall–Kier alpha value is -1.59. The van der Waals surface area contributed by atoms with Crippen LogP contribution < -0.4 is 0 Å². The van der Waals surface area contributed by atoms with E-state index in [4.69, 9.17) is 4.74 Å². The van der Waals surface area contributed by atoms with Crippen LogP contribution >= 0.6 is 0 Å². The van der Waals surface area contributed by atoms with Gasteiger partial charge in [-0.1, -0.05) is 0 Å². The molecule has 1 aliphatic rings. The van der Waals surface area contributed by atoms with Crippen LogP contribution in [0.15, 0.2) is 0 Å². The molecule has 1 aliphatic heterocycles. The zero-order valence-corrected chi connectivity index (χ0v) is 12.1. The first-order valence-electron chi connectivity index (χ1n) is 6.54. The number of hydrogen-bond acceptors (Lipinski definition) is 4. The first-order valence-corrected chi connectivity index (χ1v) is 6.54. The molecule has 0 aromatic carbocycles. The molecule has 1 rings (SSSR count). The number of ether oxygens (including phenoxy) is 1. The molecule has 0 aliphatic carbocycles. The Labute approximate surface area is 113 Å². The molecule has 0 aromatic rings. The number of carbonyl (C=O) groups is 3. The fourth-order valence-corrected chi connectivity index (χ4v) is 1.85. The van der Waals surface area contributed by atoms with Crippen molar-refractivity contribution in [1.29, 1.82) is 0 Å². The van der Waals surface area contributed by atoms with Gasteiger partial charge in [0.1, 0.15) is 5.60 Å². The molecule has 0 N–H and O–H groups in total. The standard InChI is InChI=1S/C13H22N2O4/c1-5-14-8-9-15(12(18)11(14)17)7-6-10(16)19-13(2,3)4/h5-9H2,1-4H3. The van der Waals surface area contributed by atoms with Crippen LogP contribution in [0.3, 0.4) is 0 Å². The zero-order chi connectivity index (χ0) is 14.6. The molecule has 1 fully saturated rings. The number of carbonyl (C=O) groups excluding carboxylic acids is 3. The van der Waals surface area contributed by atoms with Crippen molar-refractivity contribution in [3.63, 3.8) is 0 Å². The van der Waals surface area contributed by atoms with E-state index in [1.54, 1.807) is 20.8 Å². The lowest BCUT2D eigenvalue weighted by atomic mass is 10.2. The number of hydrogen-bond donors (Lipinski definition) is 0. The Balaban J connectivity index is 2.45. The largest absolute Gasteiger partial charge is 0.460 e. The summed E-state index contributed by atoms with van der Waals surface area (Å²) >= 11 is 0. The lowest BCUT2D eigenvalue weighted by Gasteiger charge is -2.33. The minimum Gasteiger partial charge on any atom is -0.460 e. The van der Waals surface area contributed by atoms with Gasteiger partial charge in [0.05, 0.1) is 6.42 Å². The van der Waals surface area contributed by atoms with Crippen LogP contribution in [-0.4, -0.2) is 59.4 Å². The Bertz CT molecular complexity index is 373. The fourth-order valence-electron chi connectivity index (χ4n) is 1.85. The molecular weight excluding hydrogens is 248 g/mol. The van der Waals surface area contributed by atoms with Gasteiger partial charge in [-0.05, 0) is 27.7 Å². The van der Waals surface area contributed by atoms with Gasteiger partial charge in [-0.15, -0.1) is 0 Å². The molecule has 0 bridgehead atoms. The molecule has 0 atom stereocenters. The van der Waals surface area contributed by atoms with Gasteiger partial charge in [0.25, 0.3) is 0 Å². The quantitative estimate of drug-likeness (QED) is 0.548. The summed E-state index contributed by atoms with van der Waals surface area (Å²) in [6, 6.07) is 0. The molecule has 19 heavy (non-hydrogen) atoms. The maximum absolute atomic E-state index is 11.8. The molecule has 2 amide bonds.